The Labute approximate surface area is 115 Å². The van der Waals surface area contributed by atoms with Crippen LogP contribution in [0, 0.1) is 17.8 Å². The van der Waals surface area contributed by atoms with Crippen LogP contribution in [-0.4, -0.2) is 34.0 Å². The van der Waals surface area contributed by atoms with Crippen LogP contribution in [0.2, 0.25) is 0 Å². The van der Waals surface area contributed by atoms with Crippen molar-refractivity contribution in [1.29, 1.82) is 0 Å². The van der Waals surface area contributed by atoms with Gasteiger partial charge in [0.2, 0.25) is 6.41 Å². The second-order valence-electron chi connectivity index (χ2n) is 6.71. The molecule has 4 heteroatoms. The fraction of sp³-hybridized carbons (Fsp3) is 0.867. The summed E-state index contributed by atoms with van der Waals surface area (Å²) in [7, 11) is 0. The van der Waals surface area contributed by atoms with E-state index in [0.29, 0.717) is 12.3 Å². The molecule has 1 amide bonds. The number of rotatable bonds is 5. The van der Waals surface area contributed by atoms with Crippen LogP contribution in [0.15, 0.2) is 0 Å². The maximum Gasteiger partial charge on any atom is 0.329 e. The molecule has 108 valence electrons. The third-order valence-corrected chi connectivity index (χ3v) is 4.93. The molecule has 0 aromatic rings. The van der Waals surface area contributed by atoms with Gasteiger partial charge in [0, 0.05) is 6.04 Å². The zero-order chi connectivity index (χ0) is 14.2. The molecule has 0 bridgehead atoms. The highest BCUT2D eigenvalue weighted by Gasteiger charge is 2.56. The monoisotopic (exact) mass is 267 g/mol. The summed E-state index contributed by atoms with van der Waals surface area (Å²) in [5.41, 5.74) is -0.977. The maximum atomic E-state index is 12.1. The predicted octanol–water partition coefficient (Wildman–Crippen LogP) is 2.52. The SMILES string of the molecule is CC1CCC(C(C)C)C(C(=O)O)(N(C=O)C2CC2)C1. The molecule has 2 aliphatic rings. The van der Waals surface area contributed by atoms with Crippen LogP contribution in [-0.2, 0) is 9.59 Å². The molecule has 2 rings (SSSR count). The minimum absolute atomic E-state index is 0.0620. The van der Waals surface area contributed by atoms with Gasteiger partial charge in [0.1, 0.15) is 5.54 Å². The standard InChI is InChI=1S/C15H25NO3/c1-10(2)13-7-4-11(3)8-15(13,14(18)19)16(9-17)12-5-6-12/h9-13H,4-8H2,1-3H3,(H,18,19). The van der Waals surface area contributed by atoms with Gasteiger partial charge in [-0.1, -0.05) is 27.2 Å². The van der Waals surface area contributed by atoms with E-state index in [1.54, 1.807) is 4.90 Å². The second kappa shape index (κ2) is 5.14. The fourth-order valence-electron chi connectivity index (χ4n) is 3.88. The summed E-state index contributed by atoms with van der Waals surface area (Å²) >= 11 is 0. The molecule has 0 aromatic carbocycles. The third kappa shape index (κ3) is 2.37. The average molecular weight is 267 g/mol. The van der Waals surface area contributed by atoms with E-state index in [4.69, 9.17) is 0 Å². The highest BCUT2D eigenvalue weighted by Crippen LogP contribution is 2.47. The molecule has 2 aliphatic carbocycles. The minimum atomic E-state index is -0.977. The number of carbonyl (C=O) groups excluding carboxylic acids is 1. The summed E-state index contributed by atoms with van der Waals surface area (Å²) in [5.74, 6) is -0.0964. The second-order valence-corrected chi connectivity index (χ2v) is 6.71. The Kier molecular flexibility index (Phi) is 3.88. The van der Waals surface area contributed by atoms with Gasteiger partial charge in [-0.15, -0.1) is 0 Å². The number of carboxylic acids is 1. The van der Waals surface area contributed by atoms with Gasteiger partial charge < -0.3 is 10.0 Å². The largest absolute Gasteiger partial charge is 0.479 e. The summed E-state index contributed by atoms with van der Waals surface area (Å²) in [5, 5.41) is 9.90. The van der Waals surface area contributed by atoms with E-state index < -0.39 is 11.5 Å². The number of carbonyl (C=O) groups is 2. The number of hydrogen-bond acceptors (Lipinski definition) is 2. The Bertz CT molecular complexity index is 364. The molecule has 0 radical (unpaired) electrons. The zero-order valence-corrected chi connectivity index (χ0v) is 12.1. The summed E-state index contributed by atoms with van der Waals surface area (Å²) in [6.45, 7) is 6.26. The Balaban J connectivity index is 2.42. The lowest BCUT2D eigenvalue weighted by Gasteiger charge is -2.50. The maximum absolute atomic E-state index is 12.1. The summed E-state index contributed by atoms with van der Waals surface area (Å²) in [6.07, 6.45) is 5.26. The van der Waals surface area contributed by atoms with E-state index in [9.17, 15) is 14.7 Å². The molecule has 19 heavy (non-hydrogen) atoms. The Morgan fingerprint density at radius 3 is 2.37 bits per heavy atom. The van der Waals surface area contributed by atoms with E-state index in [1.165, 1.54) is 0 Å². The van der Waals surface area contributed by atoms with E-state index in [0.717, 1.165) is 32.1 Å². The van der Waals surface area contributed by atoms with Crippen molar-refractivity contribution >= 4 is 12.4 Å². The lowest BCUT2D eigenvalue weighted by atomic mass is 9.64. The van der Waals surface area contributed by atoms with E-state index >= 15 is 0 Å². The van der Waals surface area contributed by atoms with E-state index in [1.807, 2.05) is 0 Å². The van der Waals surface area contributed by atoms with Gasteiger partial charge in [-0.3, -0.25) is 4.79 Å². The van der Waals surface area contributed by atoms with Crippen LogP contribution < -0.4 is 0 Å². The lowest BCUT2D eigenvalue weighted by Crippen LogP contribution is -2.63. The van der Waals surface area contributed by atoms with Gasteiger partial charge in [0.05, 0.1) is 0 Å². The smallest absolute Gasteiger partial charge is 0.329 e. The molecule has 4 nitrogen and oxygen atoms in total. The predicted molar refractivity (Wildman–Crippen MR) is 72.6 cm³/mol. The van der Waals surface area contributed by atoms with Crippen LogP contribution in [0.5, 0.6) is 0 Å². The molecule has 3 unspecified atom stereocenters. The van der Waals surface area contributed by atoms with Crippen LogP contribution in [0.3, 0.4) is 0 Å². The van der Waals surface area contributed by atoms with Crippen LogP contribution >= 0.6 is 0 Å². The van der Waals surface area contributed by atoms with Crippen molar-refractivity contribution in [3.8, 4) is 0 Å². The molecule has 0 aliphatic heterocycles. The molecule has 0 heterocycles. The molecule has 0 saturated heterocycles. The molecule has 1 N–H and O–H groups in total. The van der Waals surface area contributed by atoms with E-state index in [2.05, 4.69) is 20.8 Å². The topological polar surface area (TPSA) is 57.6 Å². The number of aliphatic carboxylic acids is 1. The fourth-order valence-corrected chi connectivity index (χ4v) is 3.88. The molecule has 2 fully saturated rings. The summed E-state index contributed by atoms with van der Waals surface area (Å²) < 4.78 is 0. The van der Waals surface area contributed by atoms with Crippen molar-refractivity contribution in [2.24, 2.45) is 17.8 Å². The van der Waals surface area contributed by atoms with Gasteiger partial charge >= 0.3 is 5.97 Å². The number of amides is 1. The van der Waals surface area contributed by atoms with Gasteiger partial charge in [-0.25, -0.2) is 4.79 Å². The lowest BCUT2D eigenvalue weighted by molar-refractivity contribution is -0.167. The number of carboxylic acid groups (broad SMARTS) is 1. The van der Waals surface area contributed by atoms with Crippen molar-refractivity contribution in [3.05, 3.63) is 0 Å². The quantitative estimate of drug-likeness (QED) is 0.779. The van der Waals surface area contributed by atoms with E-state index in [-0.39, 0.29) is 17.9 Å². The molecule has 3 atom stereocenters. The van der Waals surface area contributed by atoms with Crippen molar-refractivity contribution in [2.75, 3.05) is 0 Å². The molecular formula is C15H25NO3. The highest BCUT2D eigenvalue weighted by molar-refractivity contribution is 5.82. The Hall–Kier alpha value is -1.06. The van der Waals surface area contributed by atoms with Crippen molar-refractivity contribution < 1.29 is 14.7 Å². The van der Waals surface area contributed by atoms with Gasteiger partial charge in [-0.2, -0.15) is 0 Å². The average Bonchev–Trinajstić information content (AvgIpc) is 3.13. The summed E-state index contributed by atoms with van der Waals surface area (Å²) in [6, 6.07) is 0.153. The van der Waals surface area contributed by atoms with Crippen molar-refractivity contribution in [1.82, 2.24) is 4.90 Å². The van der Waals surface area contributed by atoms with Crippen LogP contribution in [0.4, 0.5) is 0 Å². The Morgan fingerprint density at radius 2 is 1.95 bits per heavy atom. The number of nitrogens with zero attached hydrogens (tertiary/aromatic N) is 1. The normalized spacial score (nSPS) is 35.2. The molecular weight excluding hydrogens is 242 g/mol. The van der Waals surface area contributed by atoms with Crippen molar-refractivity contribution in [3.63, 3.8) is 0 Å². The van der Waals surface area contributed by atoms with Crippen molar-refractivity contribution in [2.45, 2.75) is 64.5 Å². The minimum Gasteiger partial charge on any atom is -0.479 e. The summed E-state index contributed by atoms with van der Waals surface area (Å²) in [4.78, 5) is 25.3. The van der Waals surface area contributed by atoms with Crippen LogP contribution in [0.1, 0.15) is 52.9 Å². The van der Waals surface area contributed by atoms with Crippen LogP contribution in [0.25, 0.3) is 0 Å². The first-order chi connectivity index (χ1) is 8.93. The zero-order valence-electron chi connectivity index (χ0n) is 12.1. The van der Waals surface area contributed by atoms with Gasteiger partial charge in [0.25, 0.3) is 0 Å². The molecule has 0 aromatic heterocycles. The molecule has 0 spiro atoms. The number of hydrogen-bond donors (Lipinski definition) is 1. The van der Waals surface area contributed by atoms with Gasteiger partial charge in [-0.05, 0) is 43.4 Å². The third-order valence-electron chi connectivity index (χ3n) is 4.93. The van der Waals surface area contributed by atoms with Gasteiger partial charge in [0.15, 0.2) is 0 Å². The Morgan fingerprint density at radius 1 is 1.32 bits per heavy atom. The first-order valence-corrected chi connectivity index (χ1v) is 7.40. The first kappa shape index (κ1) is 14.4. The highest BCUT2D eigenvalue weighted by atomic mass is 16.4. The first-order valence-electron chi connectivity index (χ1n) is 7.40. The molecule has 2 saturated carbocycles.